The number of nitrogens with one attached hydrogen (secondary N) is 1. The Labute approximate surface area is 140 Å². The van der Waals surface area contributed by atoms with Crippen LogP contribution in [0.25, 0.3) is 0 Å². The zero-order valence-electron chi connectivity index (χ0n) is 13.5. The smallest absolute Gasteiger partial charge is 0.329 e. The first-order valence-corrected chi connectivity index (χ1v) is 8.95. The van der Waals surface area contributed by atoms with Crippen LogP contribution in [0, 0.1) is 0 Å². The molecule has 0 spiro atoms. The summed E-state index contributed by atoms with van der Waals surface area (Å²) >= 11 is 1.73. The fraction of sp³-hybridized carbons (Fsp3) is 0.529. The maximum Gasteiger partial charge on any atom is 0.329 e. The van der Waals surface area contributed by atoms with Crippen molar-refractivity contribution in [1.82, 2.24) is 5.32 Å². The first kappa shape index (κ1) is 17.7. The Morgan fingerprint density at radius 3 is 2.39 bits per heavy atom. The number of thioether (sulfide) groups is 1. The minimum Gasteiger partial charge on any atom is -0.497 e. The highest BCUT2D eigenvalue weighted by atomic mass is 32.2. The molecule has 1 aromatic rings. The molecule has 1 saturated heterocycles. The minimum atomic E-state index is -1.12. The highest BCUT2D eigenvalue weighted by Gasteiger charge is 2.42. The summed E-state index contributed by atoms with van der Waals surface area (Å²) in [5.74, 6) is 0.738. The summed E-state index contributed by atoms with van der Waals surface area (Å²) in [7, 11) is 1.59. The van der Waals surface area contributed by atoms with Crippen molar-refractivity contribution in [3.63, 3.8) is 0 Å². The zero-order chi connectivity index (χ0) is 16.9. The van der Waals surface area contributed by atoms with Gasteiger partial charge in [0.2, 0.25) is 5.91 Å². The predicted octanol–water partition coefficient (Wildman–Crippen LogP) is 2.66. The Balaban J connectivity index is 2.16. The van der Waals surface area contributed by atoms with Gasteiger partial charge in [0.15, 0.2) is 0 Å². The molecule has 5 nitrogen and oxygen atoms in total. The molecule has 1 aliphatic rings. The molecule has 0 saturated carbocycles. The topological polar surface area (TPSA) is 75.6 Å². The fourth-order valence-corrected chi connectivity index (χ4v) is 4.03. The molecule has 1 atom stereocenters. The summed E-state index contributed by atoms with van der Waals surface area (Å²) in [6.07, 6.45) is 1.55. The minimum absolute atomic E-state index is 0.216. The number of hydrogen-bond acceptors (Lipinski definition) is 4. The zero-order valence-corrected chi connectivity index (χ0v) is 14.3. The van der Waals surface area contributed by atoms with Crippen molar-refractivity contribution in [2.24, 2.45) is 0 Å². The van der Waals surface area contributed by atoms with Gasteiger partial charge in [0, 0.05) is 0 Å². The number of ether oxygens (including phenoxy) is 1. The third kappa shape index (κ3) is 3.99. The van der Waals surface area contributed by atoms with E-state index < -0.39 is 11.5 Å². The highest BCUT2D eigenvalue weighted by molar-refractivity contribution is 7.99. The van der Waals surface area contributed by atoms with Crippen LogP contribution in [0.4, 0.5) is 0 Å². The van der Waals surface area contributed by atoms with E-state index in [9.17, 15) is 14.7 Å². The first-order valence-electron chi connectivity index (χ1n) is 7.79. The number of methoxy groups -OCH3 is 1. The molecule has 1 heterocycles. The van der Waals surface area contributed by atoms with Gasteiger partial charge in [0.1, 0.15) is 11.3 Å². The molecule has 2 rings (SSSR count). The van der Waals surface area contributed by atoms with E-state index in [1.54, 1.807) is 18.9 Å². The second kappa shape index (κ2) is 7.73. The molecule has 1 amide bonds. The third-order valence-electron chi connectivity index (χ3n) is 4.36. The number of carboxylic acids is 1. The van der Waals surface area contributed by atoms with E-state index >= 15 is 0 Å². The van der Waals surface area contributed by atoms with Crippen molar-refractivity contribution >= 4 is 23.6 Å². The molecular weight excluding hydrogens is 314 g/mol. The maximum atomic E-state index is 12.7. The van der Waals surface area contributed by atoms with E-state index in [-0.39, 0.29) is 11.8 Å². The molecule has 0 aliphatic carbocycles. The van der Waals surface area contributed by atoms with Crippen LogP contribution in [-0.4, -0.2) is 41.1 Å². The molecule has 0 radical (unpaired) electrons. The van der Waals surface area contributed by atoms with E-state index in [1.165, 1.54) is 0 Å². The highest BCUT2D eigenvalue weighted by Crippen LogP contribution is 2.29. The Kier molecular flexibility index (Phi) is 5.93. The summed E-state index contributed by atoms with van der Waals surface area (Å²) in [6, 6.07) is 7.35. The SMILES string of the molecule is CCC(C(=O)NC1(C(=O)O)CCSCC1)c1ccc(OC)cc1. The van der Waals surface area contributed by atoms with Crippen molar-refractivity contribution in [3.8, 4) is 5.75 Å². The van der Waals surface area contributed by atoms with Gasteiger partial charge in [-0.05, 0) is 48.5 Å². The van der Waals surface area contributed by atoms with Gasteiger partial charge >= 0.3 is 5.97 Å². The molecular formula is C17H23NO4S. The monoisotopic (exact) mass is 337 g/mol. The van der Waals surface area contributed by atoms with Crippen LogP contribution in [0.5, 0.6) is 5.75 Å². The van der Waals surface area contributed by atoms with Crippen LogP contribution in [-0.2, 0) is 9.59 Å². The standard InChI is InChI=1S/C17H23NO4S/c1-3-14(12-4-6-13(22-2)7-5-12)15(19)18-17(16(20)21)8-10-23-11-9-17/h4-7,14H,3,8-11H2,1-2H3,(H,18,19)(H,20,21). The second-order valence-corrected chi connectivity index (χ2v) is 6.95. The Hall–Kier alpha value is -1.69. The van der Waals surface area contributed by atoms with E-state index in [2.05, 4.69) is 5.32 Å². The van der Waals surface area contributed by atoms with Crippen molar-refractivity contribution in [2.45, 2.75) is 37.6 Å². The summed E-state index contributed by atoms with van der Waals surface area (Å²) < 4.78 is 5.13. The molecule has 1 aliphatic heterocycles. The number of hydrogen-bond donors (Lipinski definition) is 2. The number of carbonyl (C=O) groups excluding carboxylic acids is 1. The third-order valence-corrected chi connectivity index (χ3v) is 5.35. The second-order valence-electron chi connectivity index (χ2n) is 5.72. The van der Waals surface area contributed by atoms with Crippen molar-refractivity contribution < 1.29 is 19.4 Å². The lowest BCUT2D eigenvalue weighted by atomic mass is 9.89. The quantitative estimate of drug-likeness (QED) is 0.835. The number of aliphatic carboxylic acids is 1. The average Bonchev–Trinajstić information content (AvgIpc) is 2.57. The van der Waals surface area contributed by atoms with E-state index in [1.807, 2.05) is 31.2 Å². The lowest BCUT2D eigenvalue weighted by Gasteiger charge is -2.35. The lowest BCUT2D eigenvalue weighted by molar-refractivity contribution is -0.148. The molecule has 1 unspecified atom stereocenters. The molecule has 0 bridgehead atoms. The summed E-state index contributed by atoms with van der Waals surface area (Å²) in [5.41, 5.74) is -0.251. The number of carbonyl (C=O) groups is 2. The maximum absolute atomic E-state index is 12.7. The van der Waals surface area contributed by atoms with E-state index in [4.69, 9.17) is 4.74 Å². The van der Waals surface area contributed by atoms with Crippen LogP contribution >= 0.6 is 11.8 Å². The number of benzene rings is 1. The Morgan fingerprint density at radius 1 is 1.30 bits per heavy atom. The van der Waals surface area contributed by atoms with E-state index in [0.29, 0.717) is 19.3 Å². The molecule has 1 aromatic carbocycles. The van der Waals surface area contributed by atoms with Crippen LogP contribution < -0.4 is 10.1 Å². The molecule has 1 fully saturated rings. The largest absolute Gasteiger partial charge is 0.497 e. The van der Waals surface area contributed by atoms with Gasteiger partial charge in [-0.3, -0.25) is 4.79 Å². The first-order chi connectivity index (χ1) is 11.0. The van der Waals surface area contributed by atoms with Gasteiger partial charge in [-0.25, -0.2) is 4.79 Å². The van der Waals surface area contributed by atoms with Crippen LogP contribution in [0.3, 0.4) is 0 Å². The Bertz CT molecular complexity index is 552. The average molecular weight is 337 g/mol. The Morgan fingerprint density at radius 2 is 1.91 bits per heavy atom. The summed E-state index contributed by atoms with van der Waals surface area (Å²) in [4.78, 5) is 24.4. The van der Waals surface area contributed by atoms with E-state index in [0.717, 1.165) is 22.8 Å². The van der Waals surface area contributed by atoms with Gasteiger partial charge < -0.3 is 15.2 Å². The summed E-state index contributed by atoms with van der Waals surface area (Å²) in [5, 5.41) is 12.4. The predicted molar refractivity (Wildman–Crippen MR) is 91.1 cm³/mol. The van der Waals surface area contributed by atoms with Gasteiger partial charge in [0.05, 0.1) is 13.0 Å². The molecule has 6 heteroatoms. The number of rotatable bonds is 6. The van der Waals surface area contributed by atoms with Gasteiger partial charge in [-0.1, -0.05) is 19.1 Å². The number of amides is 1. The lowest BCUT2D eigenvalue weighted by Crippen LogP contribution is -2.57. The van der Waals surface area contributed by atoms with Crippen molar-refractivity contribution in [1.29, 1.82) is 0 Å². The molecule has 126 valence electrons. The summed E-state index contributed by atoms with van der Waals surface area (Å²) in [6.45, 7) is 1.93. The fourth-order valence-electron chi connectivity index (χ4n) is 2.84. The van der Waals surface area contributed by atoms with Gasteiger partial charge in [-0.2, -0.15) is 11.8 Å². The van der Waals surface area contributed by atoms with Crippen LogP contribution in [0.2, 0.25) is 0 Å². The molecule has 0 aromatic heterocycles. The number of carboxylic acid groups (broad SMARTS) is 1. The molecule has 2 N–H and O–H groups in total. The van der Waals surface area contributed by atoms with Crippen molar-refractivity contribution in [2.75, 3.05) is 18.6 Å². The molecule has 23 heavy (non-hydrogen) atoms. The van der Waals surface area contributed by atoms with Crippen molar-refractivity contribution in [3.05, 3.63) is 29.8 Å². The van der Waals surface area contributed by atoms with Gasteiger partial charge in [0.25, 0.3) is 0 Å². The normalized spacial score (nSPS) is 18.0. The van der Waals surface area contributed by atoms with Gasteiger partial charge in [-0.15, -0.1) is 0 Å². The van der Waals surface area contributed by atoms with Crippen LogP contribution in [0.15, 0.2) is 24.3 Å². The van der Waals surface area contributed by atoms with Crippen LogP contribution in [0.1, 0.15) is 37.7 Å².